The molecule has 1 saturated heterocycles. The predicted molar refractivity (Wildman–Crippen MR) is 68.2 cm³/mol. The maximum absolute atomic E-state index is 11.2. The Bertz CT molecular complexity index is 465. The van der Waals surface area contributed by atoms with Crippen molar-refractivity contribution in [3.8, 4) is 0 Å². The number of hydrogen-bond donors (Lipinski definition) is 1. The molecule has 1 aromatic heterocycles. The van der Waals surface area contributed by atoms with Crippen molar-refractivity contribution in [2.45, 2.75) is 32.6 Å². The van der Waals surface area contributed by atoms with Crippen LogP contribution in [0.3, 0.4) is 0 Å². The molecule has 0 bridgehead atoms. The van der Waals surface area contributed by atoms with E-state index in [0.29, 0.717) is 0 Å². The Morgan fingerprint density at radius 2 is 2.18 bits per heavy atom. The number of rotatable bonds is 3. The molecule has 3 heteroatoms. The van der Waals surface area contributed by atoms with Gasteiger partial charge in [-0.05, 0) is 43.2 Å². The molecule has 1 aliphatic carbocycles. The van der Waals surface area contributed by atoms with Gasteiger partial charge in [-0.2, -0.15) is 0 Å². The van der Waals surface area contributed by atoms with Crippen LogP contribution >= 0.6 is 0 Å². The van der Waals surface area contributed by atoms with Crippen LogP contribution in [0, 0.1) is 12.3 Å². The molecule has 92 valence electrons. The van der Waals surface area contributed by atoms with Crippen LogP contribution in [0.1, 0.15) is 30.4 Å². The van der Waals surface area contributed by atoms with Gasteiger partial charge in [0.05, 0.1) is 0 Å². The average molecular weight is 232 g/mol. The highest BCUT2D eigenvalue weighted by molar-refractivity contribution is 5.17. The van der Waals surface area contributed by atoms with Gasteiger partial charge in [0.2, 0.25) is 0 Å². The van der Waals surface area contributed by atoms with Gasteiger partial charge < -0.3 is 9.88 Å². The number of aryl methyl sites for hydroxylation is 1. The van der Waals surface area contributed by atoms with Crippen molar-refractivity contribution in [3.05, 3.63) is 33.7 Å². The van der Waals surface area contributed by atoms with E-state index in [1.54, 1.807) is 0 Å². The van der Waals surface area contributed by atoms with Gasteiger partial charge in [-0.25, -0.2) is 0 Å². The number of hydrogen-bond acceptors (Lipinski definition) is 2. The number of aromatic amines is 1. The van der Waals surface area contributed by atoms with Crippen LogP contribution in [0.4, 0.5) is 0 Å². The zero-order valence-corrected chi connectivity index (χ0v) is 10.5. The van der Waals surface area contributed by atoms with Crippen molar-refractivity contribution in [3.63, 3.8) is 0 Å². The molecule has 3 nitrogen and oxygen atoms in total. The highest BCUT2D eigenvalue weighted by atomic mass is 16.1. The molecule has 0 radical (unpaired) electrons. The van der Waals surface area contributed by atoms with Crippen LogP contribution in [0.5, 0.6) is 0 Å². The van der Waals surface area contributed by atoms with Crippen molar-refractivity contribution < 1.29 is 0 Å². The van der Waals surface area contributed by atoms with E-state index in [2.05, 4.69) is 9.88 Å². The molecule has 2 heterocycles. The van der Waals surface area contributed by atoms with Crippen LogP contribution in [0.25, 0.3) is 0 Å². The van der Waals surface area contributed by atoms with Gasteiger partial charge in [0.25, 0.3) is 5.56 Å². The Morgan fingerprint density at radius 3 is 2.76 bits per heavy atom. The second-order valence-corrected chi connectivity index (χ2v) is 5.83. The summed E-state index contributed by atoms with van der Waals surface area (Å²) in [6, 6.07) is 2.01. The van der Waals surface area contributed by atoms with Gasteiger partial charge in [0.1, 0.15) is 0 Å². The monoisotopic (exact) mass is 232 g/mol. The van der Waals surface area contributed by atoms with Crippen LogP contribution in [-0.2, 0) is 6.42 Å². The quantitative estimate of drug-likeness (QED) is 0.861. The van der Waals surface area contributed by atoms with Gasteiger partial charge in [0, 0.05) is 31.4 Å². The first-order chi connectivity index (χ1) is 8.17. The number of likely N-dealkylation sites (tertiary alicyclic amines) is 1. The lowest BCUT2D eigenvalue weighted by molar-refractivity contribution is -0.0587. The summed E-state index contributed by atoms with van der Waals surface area (Å²) in [6.07, 6.45) is 7.23. The first-order valence-corrected chi connectivity index (χ1v) is 6.58. The van der Waals surface area contributed by atoms with Gasteiger partial charge in [-0.1, -0.05) is 6.42 Å². The fraction of sp³-hybridized carbons (Fsp3) is 0.643. The third-order valence-electron chi connectivity index (χ3n) is 4.40. The Morgan fingerprint density at radius 1 is 1.41 bits per heavy atom. The Labute approximate surface area is 102 Å². The molecule has 2 aliphatic rings. The molecule has 0 atom stereocenters. The summed E-state index contributed by atoms with van der Waals surface area (Å²) < 4.78 is 0. The molecule has 3 rings (SSSR count). The zero-order chi connectivity index (χ0) is 11.9. The first kappa shape index (κ1) is 11.0. The van der Waals surface area contributed by atoms with Crippen molar-refractivity contribution in [2.24, 2.45) is 5.41 Å². The first-order valence-electron chi connectivity index (χ1n) is 6.58. The second-order valence-electron chi connectivity index (χ2n) is 5.83. The third kappa shape index (κ3) is 2.04. The predicted octanol–water partition coefficient (Wildman–Crippen LogP) is 1.71. The van der Waals surface area contributed by atoms with Gasteiger partial charge in [-0.3, -0.25) is 4.79 Å². The fourth-order valence-electron chi connectivity index (χ4n) is 3.14. The standard InChI is InChI=1S/C14H20N2O/c1-11-7-12(8-15-13(11)17)3-6-16-9-14(10-16)4-2-5-14/h7-8H,2-6,9-10H2,1H3,(H,15,17). The minimum Gasteiger partial charge on any atom is -0.329 e. The molecule has 0 amide bonds. The van der Waals surface area contributed by atoms with Crippen molar-refractivity contribution in [2.75, 3.05) is 19.6 Å². The molecule has 17 heavy (non-hydrogen) atoms. The Hall–Kier alpha value is -1.09. The van der Waals surface area contributed by atoms with E-state index in [4.69, 9.17) is 0 Å². The topological polar surface area (TPSA) is 36.1 Å². The average Bonchev–Trinajstić information content (AvgIpc) is 2.19. The number of nitrogens with zero attached hydrogens (tertiary/aromatic N) is 1. The van der Waals surface area contributed by atoms with Crippen molar-refractivity contribution in [1.82, 2.24) is 9.88 Å². The second kappa shape index (κ2) is 3.98. The minimum atomic E-state index is 0.0334. The van der Waals surface area contributed by atoms with E-state index in [1.807, 2.05) is 19.2 Å². The van der Waals surface area contributed by atoms with Gasteiger partial charge in [-0.15, -0.1) is 0 Å². The summed E-state index contributed by atoms with van der Waals surface area (Å²) in [5, 5.41) is 0. The number of aromatic nitrogens is 1. The van der Waals surface area contributed by atoms with Crippen LogP contribution in [0.15, 0.2) is 17.1 Å². The summed E-state index contributed by atoms with van der Waals surface area (Å²) in [6.45, 7) is 5.60. The lowest BCUT2D eigenvalue weighted by Crippen LogP contribution is -2.59. The van der Waals surface area contributed by atoms with E-state index in [0.717, 1.165) is 23.9 Å². The molecular weight excluding hydrogens is 212 g/mol. The summed E-state index contributed by atoms with van der Waals surface area (Å²) in [5.74, 6) is 0. The number of pyridine rings is 1. The zero-order valence-electron chi connectivity index (χ0n) is 10.5. The van der Waals surface area contributed by atoms with Crippen LogP contribution in [0.2, 0.25) is 0 Å². The maximum Gasteiger partial charge on any atom is 0.250 e. The molecule has 2 fully saturated rings. The van der Waals surface area contributed by atoms with Crippen LogP contribution in [-0.4, -0.2) is 29.5 Å². The smallest absolute Gasteiger partial charge is 0.250 e. The Balaban J connectivity index is 1.51. The largest absolute Gasteiger partial charge is 0.329 e. The SMILES string of the molecule is Cc1cc(CCN2CC3(CCC3)C2)c[nH]c1=O. The lowest BCUT2D eigenvalue weighted by atomic mass is 9.63. The molecule has 1 saturated carbocycles. The molecule has 0 unspecified atom stereocenters. The fourth-order valence-corrected chi connectivity index (χ4v) is 3.14. The van der Waals surface area contributed by atoms with E-state index in [1.165, 1.54) is 37.9 Å². The number of nitrogens with one attached hydrogen (secondary N) is 1. The number of H-pyrrole nitrogens is 1. The molecule has 1 N–H and O–H groups in total. The van der Waals surface area contributed by atoms with Gasteiger partial charge >= 0.3 is 0 Å². The van der Waals surface area contributed by atoms with E-state index >= 15 is 0 Å². The molecular formula is C14H20N2O. The van der Waals surface area contributed by atoms with Crippen LogP contribution < -0.4 is 5.56 Å². The highest BCUT2D eigenvalue weighted by Gasteiger charge is 2.46. The highest BCUT2D eigenvalue weighted by Crippen LogP contribution is 2.47. The summed E-state index contributed by atoms with van der Waals surface area (Å²) >= 11 is 0. The van der Waals surface area contributed by atoms with Crippen molar-refractivity contribution >= 4 is 0 Å². The molecule has 1 spiro atoms. The molecule has 1 aromatic rings. The van der Waals surface area contributed by atoms with E-state index in [-0.39, 0.29) is 5.56 Å². The lowest BCUT2D eigenvalue weighted by Gasteiger charge is -2.56. The molecule has 0 aromatic carbocycles. The van der Waals surface area contributed by atoms with Crippen molar-refractivity contribution in [1.29, 1.82) is 0 Å². The normalized spacial score (nSPS) is 22.2. The van der Waals surface area contributed by atoms with E-state index in [9.17, 15) is 4.79 Å². The molecule has 1 aliphatic heterocycles. The summed E-state index contributed by atoms with van der Waals surface area (Å²) in [7, 11) is 0. The van der Waals surface area contributed by atoms with E-state index < -0.39 is 0 Å². The minimum absolute atomic E-state index is 0.0334. The summed E-state index contributed by atoms with van der Waals surface area (Å²) in [5.41, 5.74) is 2.82. The Kier molecular flexibility index (Phi) is 2.58. The third-order valence-corrected chi connectivity index (χ3v) is 4.40. The van der Waals surface area contributed by atoms with Gasteiger partial charge in [0.15, 0.2) is 0 Å². The summed E-state index contributed by atoms with van der Waals surface area (Å²) in [4.78, 5) is 16.6. The maximum atomic E-state index is 11.2.